The van der Waals surface area contributed by atoms with Gasteiger partial charge in [0, 0.05) is 121 Å². The van der Waals surface area contributed by atoms with Gasteiger partial charge in [-0.05, 0) is 109 Å². The van der Waals surface area contributed by atoms with E-state index >= 15 is 0 Å². The van der Waals surface area contributed by atoms with E-state index in [2.05, 4.69) is 80.6 Å². The first-order chi connectivity index (χ1) is 41.1. The quantitative estimate of drug-likeness (QED) is 0.0330. The van der Waals surface area contributed by atoms with Crippen LogP contribution in [0.25, 0.3) is 27.9 Å². The van der Waals surface area contributed by atoms with Gasteiger partial charge in [-0.3, -0.25) is 9.59 Å². The number of ether oxygens (including phenoxy) is 4. The molecule has 18 heteroatoms. The van der Waals surface area contributed by atoms with Crippen LogP contribution in [0.3, 0.4) is 0 Å². The Balaban J connectivity index is 0.000000178. The molecule has 2 aromatic carbocycles. The standard InChI is InChI=1S/C32H44N4O3.C21H18N2O5.C13H17NO3.C2H6/c1-7-8-15-33-24-11-13-26-28(20-24)32(3,4)29-21-25(36-16-9-10-17-36)12-14-27(29)30(26)23(2)39-31(38)35(6)19-18-34(5)22-37;1-3-11-12-6-10(27-2)4-5-16(12)22-18-14(11)8-23-17(18)7-13-15(20(23)25)9-28-21(26)19(13)24;1-5-13(16)11-6-8(2)14(4)9(3)10(11)7-17-12(13)15;1-2/h11-14,20-23H,7-10,15-19H2,1-6H3;4-7,19,24H,3,8-9H2,1-2H3;6,16H,3,5,7H2,1-2,4H3;1-2H3/p+1/t;;13-;/m..0./s1. The Kier molecular flexibility index (Phi) is 19.8. The highest BCUT2D eigenvalue weighted by Crippen LogP contribution is 2.50. The second kappa shape index (κ2) is 26.7. The molecule has 4 aromatic rings. The number of benzene rings is 2. The Hall–Kier alpha value is -8.09. The number of carbonyl (C=O) groups excluding carboxylic acids is 4. The molecule has 2 aliphatic carbocycles. The number of amides is 2. The van der Waals surface area contributed by atoms with Crippen molar-refractivity contribution < 1.29 is 52.9 Å². The number of fused-ring (bicyclic) bond motifs is 7. The largest absolute Gasteiger partial charge is 0.497 e. The summed E-state index contributed by atoms with van der Waals surface area (Å²) in [6.07, 6.45) is 12.9. The summed E-state index contributed by atoms with van der Waals surface area (Å²) in [5, 5.41) is 25.2. The van der Waals surface area contributed by atoms with Crippen molar-refractivity contribution in [1.29, 1.82) is 0 Å². The summed E-state index contributed by atoms with van der Waals surface area (Å²) in [5.41, 5.74) is 14.3. The summed E-state index contributed by atoms with van der Waals surface area (Å²) < 4.78 is 25.5. The number of unbranched alkanes of at least 4 members (excludes halogenated alkanes) is 1. The number of rotatable bonds is 13. The molecule has 1 fully saturated rings. The third kappa shape index (κ3) is 12.2. The SMILES string of the molecule is C=C1C2=C(C=C(C)N1C)[C@@](O)(CC)C(=O)OC2.CC.CCCCNc1ccc2c(c1)C(C)(C)C1=CC(=[N+]3CCCC3)C=CC1=C2C(C)OC(=O)N(C)CCN(C)C=O.CCc1c2c(nc3ccc(OC)cc13)-c1cc3c(c(=O)n1C2)COC(=O)C3O. The van der Waals surface area contributed by atoms with E-state index in [1.165, 1.54) is 39.5 Å². The number of allylic oxidation sites excluding steroid dienone is 6. The lowest BCUT2D eigenvalue weighted by Crippen LogP contribution is -2.47. The Labute approximate surface area is 505 Å². The van der Waals surface area contributed by atoms with Crippen LogP contribution in [0.4, 0.5) is 10.5 Å². The molecule has 0 saturated carbocycles. The average molecular weight is 1180 g/mol. The first-order valence-corrected chi connectivity index (χ1v) is 30.2. The highest BCUT2D eigenvalue weighted by Gasteiger charge is 2.46. The number of hydrogen-bond donors (Lipinski definition) is 3. The number of aromatic nitrogens is 2. The fraction of sp³-hybridized carbons (Fsp3) is 0.456. The minimum Gasteiger partial charge on any atom is -0.497 e. The van der Waals surface area contributed by atoms with Gasteiger partial charge in [-0.2, -0.15) is 0 Å². The van der Waals surface area contributed by atoms with Crippen LogP contribution in [-0.4, -0.2) is 148 Å². The molecule has 3 N–H and O–H groups in total. The molecule has 7 aliphatic rings. The van der Waals surface area contributed by atoms with E-state index in [1.807, 2.05) is 63.9 Å². The van der Waals surface area contributed by atoms with Gasteiger partial charge in [0.25, 0.3) is 5.56 Å². The van der Waals surface area contributed by atoms with Gasteiger partial charge in [0.05, 0.1) is 36.1 Å². The van der Waals surface area contributed by atoms with E-state index in [0.717, 1.165) is 118 Å². The zero-order valence-corrected chi connectivity index (χ0v) is 52.4. The van der Waals surface area contributed by atoms with Crippen molar-refractivity contribution in [2.75, 3.05) is 72.9 Å². The van der Waals surface area contributed by atoms with Crippen molar-refractivity contribution >= 4 is 52.3 Å². The number of anilines is 1. The van der Waals surface area contributed by atoms with Crippen LogP contribution in [0.1, 0.15) is 134 Å². The van der Waals surface area contributed by atoms with Gasteiger partial charge in [-0.25, -0.2) is 23.9 Å². The summed E-state index contributed by atoms with van der Waals surface area (Å²) in [4.78, 5) is 70.3. The zero-order chi connectivity index (χ0) is 62.5. The summed E-state index contributed by atoms with van der Waals surface area (Å²) >= 11 is 0. The van der Waals surface area contributed by atoms with Gasteiger partial charge in [-0.1, -0.05) is 67.5 Å². The van der Waals surface area contributed by atoms with Crippen LogP contribution in [0.2, 0.25) is 0 Å². The molecule has 11 rings (SSSR count). The number of carbonyl (C=O) groups is 4. The van der Waals surface area contributed by atoms with Crippen LogP contribution in [0, 0.1) is 0 Å². The number of hydrogen-bond acceptors (Lipinski definition) is 14. The van der Waals surface area contributed by atoms with E-state index in [0.29, 0.717) is 48.4 Å². The van der Waals surface area contributed by atoms with Crippen molar-refractivity contribution in [1.82, 2.24) is 24.3 Å². The van der Waals surface area contributed by atoms with Crippen molar-refractivity contribution in [3.8, 4) is 17.1 Å². The number of pyridine rings is 2. The average Bonchev–Trinajstić information content (AvgIpc) is 1.17. The fourth-order valence-electron chi connectivity index (χ4n) is 12.2. The summed E-state index contributed by atoms with van der Waals surface area (Å²) in [7, 11) is 6.94. The normalized spacial score (nSPS) is 19.6. The van der Waals surface area contributed by atoms with E-state index in [1.54, 1.807) is 38.8 Å². The zero-order valence-electron chi connectivity index (χ0n) is 52.4. The minimum absolute atomic E-state index is 0.117. The third-order valence-electron chi connectivity index (χ3n) is 17.5. The molecule has 0 radical (unpaired) electrons. The van der Waals surface area contributed by atoms with E-state index in [9.17, 15) is 34.2 Å². The number of esters is 2. The van der Waals surface area contributed by atoms with Crippen molar-refractivity contribution in [3.05, 3.63) is 151 Å². The molecule has 2 unspecified atom stereocenters. The van der Waals surface area contributed by atoms with Gasteiger partial charge in [-0.15, -0.1) is 0 Å². The number of cyclic esters (lactones) is 2. The first kappa shape index (κ1) is 63.9. The molecule has 1 saturated heterocycles. The maximum Gasteiger partial charge on any atom is 0.410 e. The number of nitrogens with one attached hydrogen (secondary N) is 1. The molecule has 2 amide bonds. The molecule has 0 bridgehead atoms. The maximum atomic E-state index is 13.0. The molecule has 5 aliphatic heterocycles. The predicted octanol–water partition coefficient (Wildman–Crippen LogP) is 9.69. The van der Waals surface area contributed by atoms with Crippen molar-refractivity contribution in [2.24, 2.45) is 0 Å². The Morgan fingerprint density at radius 3 is 2.41 bits per heavy atom. The molecular formula is C68H86N7O11+. The van der Waals surface area contributed by atoms with Gasteiger partial charge < -0.3 is 53.7 Å². The summed E-state index contributed by atoms with van der Waals surface area (Å²) in [6, 6.07) is 14.0. The van der Waals surface area contributed by atoms with Crippen molar-refractivity contribution in [2.45, 2.75) is 137 Å². The number of aryl methyl sites for hydroxylation is 1. The number of aliphatic hydroxyl groups is 2. The fourth-order valence-corrected chi connectivity index (χ4v) is 12.2. The van der Waals surface area contributed by atoms with Crippen molar-refractivity contribution in [3.63, 3.8) is 0 Å². The smallest absolute Gasteiger partial charge is 0.410 e. The van der Waals surface area contributed by atoms with Crippen LogP contribution in [0.15, 0.2) is 112 Å². The van der Waals surface area contributed by atoms with Gasteiger partial charge in [0.2, 0.25) is 6.41 Å². The highest BCUT2D eigenvalue weighted by molar-refractivity contribution is 6.06. The van der Waals surface area contributed by atoms with E-state index in [4.69, 9.17) is 23.9 Å². The Morgan fingerprint density at radius 1 is 1.00 bits per heavy atom. The summed E-state index contributed by atoms with van der Waals surface area (Å²) in [5.74, 6) is -0.547. The van der Waals surface area contributed by atoms with E-state index < -0.39 is 35.8 Å². The molecule has 86 heavy (non-hydrogen) atoms. The molecular weight excluding hydrogens is 1090 g/mol. The maximum absolute atomic E-state index is 13.0. The second-order valence-electron chi connectivity index (χ2n) is 23.0. The number of methoxy groups -OCH3 is 1. The van der Waals surface area contributed by atoms with Crippen LogP contribution < -0.4 is 15.6 Å². The van der Waals surface area contributed by atoms with E-state index in [-0.39, 0.29) is 24.2 Å². The monoisotopic (exact) mass is 1180 g/mol. The third-order valence-corrected chi connectivity index (χ3v) is 17.5. The predicted molar refractivity (Wildman–Crippen MR) is 335 cm³/mol. The minimum atomic E-state index is -1.53. The van der Waals surface area contributed by atoms with Crippen LogP contribution in [-0.2, 0) is 53.6 Å². The summed E-state index contributed by atoms with van der Waals surface area (Å²) in [6.45, 7) is 27.0. The first-order valence-electron chi connectivity index (χ1n) is 30.2. The molecule has 3 atom stereocenters. The molecule has 458 valence electrons. The van der Waals surface area contributed by atoms with Crippen LogP contribution >= 0.6 is 0 Å². The lowest BCUT2D eigenvalue weighted by molar-refractivity contribution is -0.504. The van der Waals surface area contributed by atoms with Gasteiger partial charge in [0.1, 0.15) is 38.2 Å². The lowest BCUT2D eigenvalue weighted by Gasteiger charge is -2.40. The highest BCUT2D eigenvalue weighted by atomic mass is 16.6. The van der Waals surface area contributed by atoms with Crippen LogP contribution in [0.5, 0.6) is 5.75 Å². The molecule has 0 spiro atoms. The van der Waals surface area contributed by atoms with Gasteiger partial charge in [0.15, 0.2) is 17.4 Å². The Morgan fingerprint density at radius 2 is 1.73 bits per heavy atom. The topological polar surface area (TPSA) is 205 Å². The number of likely N-dealkylation sites (N-methyl/N-ethyl adjacent to an activating group) is 3. The number of nitrogens with zero attached hydrogens (tertiary/aromatic N) is 6. The lowest BCUT2D eigenvalue weighted by atomic mass is 9.64. The molecule has 2 aromatic heterocycles. The Bertz CT molecular complexity index is 3610. The second-order valence-corrected chi connectivity index (χ2v) is 23.0. The molecule has 18 nitrogen and oxygen atoms in total. The van der Waals surface area contributed by atoms with Gasteiger partial charge >= 0.3 is 18.0 Å². The number of aliphatic hydroxyl groups excluding tert-OH is 1. The molecule has 7 heterocycles.